The number of anilines is 2. The van der Waals surface area contributed by atoms with Gasteiger partial charge in [-0.3, -0.25) is 4.79 Å². The number of piperazine rings is 1. The average molecular weight is 285 g/mol. The highest BCUT2D eigenvalue weighted by atomic mass is 16.2. The molecule has 0 saturated carbocycles. The van der Waals surface area contributed by atoms with Crippen LogP contribution in [0.5, 0.6) is 0 Å². The van der Waals surface area contributed by atoms with Crippen LogP contribution in [0.4, 0.5) is 11.8 Å². The summed E-state index contributed by atoms with van der Waals surface area (Å²) in [5.74, 6) is 1.46. The zero-order valence-electron chi connectivity index (χ0n) is 12.3. The van der Waals surface area contributed by atoms with Gasteiger partial charge in [-0.1, -0.05) is 12.1 Å². The van der Waals surface area contributed by atoms with E-state index >= 15 is 0 Å². The summed E-state index contributed by atoms with van der Waals surface area (Å²) >= 11 is 0. The van der Waals surface area contributed by atoms with Crippen molar-refractivity contribution in [1.29, 1.82) is 0 Å². The van der Waals surface area contributed by atoms with Crippen molar-refractivity contribution < 1.29 is 4.79 Å². The van der Waals surface area contributed by atoms with Gasteiger partial charge < -0.3 is 15.5 Å². The van der Waals surface area contributed by atoms with Gasteiger partial charge in [0.05, 0.1) is 5.52 Å². The Kier molecular flexibility index (Phi) is 3.60. The van der Waals surface area contributed by atoms with Crippen molar-refractivity contribution in [3.05, 3.63) is 24.3 Å². The van der Waals surface area contributed by atoms with Gasteiger partial charge in [-0.25, -0.2) is 4.98 Å². The van der Waals surface area contributed by atoms with Gasteiger partial charge >= 0.3 is 0 Å². The molecule has 1 saturated heterocycles. The van der Waals surface area contributed by atoms with Crippen molar-refractivity contribution in [1.82, 2.24) is 15.3 Å². The molecule has 0 aliphatic carbocycles. The lowest BCUT2D eigenvalue weighted by molar-refractivity contribution is -0.122. The fourth-order valence-corrected chi connectivity index (χ4v) is 2.59. The van der Waals surface area contributed by atoms with Crippen molar-refractivity contribution in [2.75, 3.05) is 29.9 Å². The number of aromatic nitrogens is 2. The Morgan fingerprint density at radius 1 is 1.38 bits per heavy atom. The lowest BCUT2D eigenvalue weighted by atomic mass is 10.1. The van der Waals surface area contributed by atoms with Crippen LogP contribution in [0.2, 0.25) is 0 Å². The molecule has 1 aliphatic heterocycles. The molecule has 3 rings (SSSR count). The van der Waals surface area contributed by atoms with Gasteiger partial charge in [0.1, 0.15) is 11.9 Å². The predicted octanol–water partition coefficient (Wildman–Crippen LogP) is 1.39. The van der Waals surface area contributed by atoms with Crippen LogP contribution < -0.4 is 15.5 Å². The first kappa shape index (κ1) is 13.6. The van der Waals surface area contributed by atoms with Gasteiger partial charge in [0.2, 0.25) is 11.9 Å². The molecule has 2 N–H and O–H groups in total. The second-order valence-electron chi connectivity index (χ2n) is 5.08. The van der Waals surface area contributed by atoms with E-state index in [1.165, 1.54) is 0 Å². The number of fused-ring (bicyclic) bond motifs is 1. The topological polar surface area (TPSA) is 70.2 Å². The number of rotatable bonds is 3. The highest BCUT2D eigenvalue weighted by Gasteiger charge is 2.28. The number of benzene rings is 1. The summed E-state index contributed by atoms with van der Waals surface area (Å²) in [7, 11) is 0. The Morgan fingerprint density at radius 2 is 2.19 bits per heavy atom. The molecule has 21 heavy (non-hydrogen) atoms. The molecule has 0 spiro atoms. The van der Waals surface area contributed by atoms with E-state index in [1.807, 2.05) is 43.0 Å². The number of carbonyl (C=O) groups excluding carboxylic acids is 1. The van der Waals surface area contributed by atoms with Crippen molar-refractivity contribution in [3.63, 3.8) is 0 Å². The lowest BCUT2D eigenvalue weighted by Gasteiger charge is -2.34. The third-order valence-electron chi connectivity index (χ3n) is 3.69. The van der Waals surface area contributed by atoms with E-state index in [2.05, 4.69) is 20.6 Å². The molecular weight excluding hydrogens is 266 g/mol. The maximum atomic E-state index is 11.9. The quantitative estimate of drug-likeness (QED) is 0.891. The molecule has 6 nitrogen and oxygen atoms in total. The van der Waals surface area contributed by atoms with Gasteiger partial charge in [-0.15, -0.1) is 0 Å². The normalized spacial score (nSPS) is 18.7. The van der Waals surface area contributed by atoms with Crippen molar-refractivity contribution in [3.8, 4) is 0 Å². The van der Waals surface area contributed by atoms with Gasteiger partial charge in [-0.05, 0) is 26.0 Å². The Balaban J connectivity index is 2.13. The smallest absolute Gasteiger partial charge is 0.242 e. The number of nitrogens with one attached hydrogen (secondary N) is 2. The molecule has 1 amide bonds. The Labute approximate surface area is 123 Å². The van der Waals surface area contributed by atoms with Crippen LogP contribution in [0, 0.1) is 0 Å². The molecule has 1 fully saturated rings. The SMILES string of the molecule is CCNc1nc(N2CCNC(=O)C2C)c2ccccc2n1. The molecule has 0 radical (unpaired) electrons. The molecule has 1 aromatic carbocycles. The number of amides is 1. The minimum atomic E-state index is -0.230. The molecule has 2 aromatic rings. The Bertz CT molecular complexity index is 672. The minimum absolute atomic E-state index is 0.0361. The van der Waals surface area contributed by atoms with E-state index in [1.54, 1.807) is 0 Å². The first-order valence-corrected chi connectivity index (χ1v) is 7.25. The standard InChI is InChI=1S/C15H19N5O/c1-3-16-15-18-12-7-5-4-6-11(12)13(19-15)20-9-8-17-14(21)10(20)2/h4-7,10H,3,8-9H2,1-2H3,(H,17,21)(H,16,18,19). The summed E-state index contributed by atoms with van der Waals surface area (Å²) in [4.78, 5) is 23.1. The first-order chi connectivity index (χ1) is 10.2. The zero-order valence-corrected chi connectivity index (χ0v) is 12.3. The minimum Gasteiger partial charge on any atom is -0.354 e. The third kappa shape index (κ3) is 2.49. The molecule has 1 atom stereocenters. The van der Waals surface area contributed by atoms with E-state index in [4.69, 9.17) is 0 Å². The highest BCUT2D eigenvalue weighted by Crippen LogP contribution is 2.27. The van der Waals surface area contributed by atoms with Crippen LogP contribution in [-0.2, 0) is 4.79 Å². The summed E-state index contributed by atoms with van der Waals surface area (Å²) in [6.07, 6.45) is 0. The largest absolute Gasteiger partial charge is 0.354 e. The molecular formula is C15H19N5O. The number of para-hydroxylation sites is 1. The summed E-state index contributed by atoms with van der Waals surface area (Å²) in [6, 6.07) is 7.67. The van der Waals surface area contributed by atoms with Crippen LogP contribution in [0.1, 0.15) is 13.8 Å². The predicted molar refractivity (Wildman–Crippen MR) is 83.5 cm³/mol. The highest BCUT2D eigenvalue weighted by molar-refractivity contribution is 5.94. The van der Waals surface area contributed by atoms with Crippen LogP contribution in [0.15, 0.2) is 24.3 Å². The molecule has 1 unspecified atom stereocenters. The Morgan fingerprint density at radius 3 is 3.00 bits per heavy atom. The van der Waals surface area contributed by atoms with Crippen LogP contribution >= 0.6 is 0 Å². The van der Waals surface area contributed by atoms with Crippen LogP contribution in [-0.4, -0.2) is 41.6 Å². The fourth-order valence-electron chi connectivity index (χ4n) is 2.59. The maximum Gasteiger partial charge on any atom is 0.242 e. The number of hydrogen-bond acceptors (Lipinski definition) is 5. The van der Waals surface area contributed by atoms with Crippen LogP contribution in [0.25, 0.3) is 10.9 Å². The molecule has 110 valence electrons. The second kappa shape index (κ2) is 5.55. The van der Waals surface area contributed by atoms with Crippen LogP contribution in [0.3, 0.4) is 0 Å². The van der Waals surface area contributed by atoms with Gasteiger partial charge in [0, 0.05) is 25.0 Å². The number of carbonyl (C=O) groups is 1. The molecule has 1 aliphatic rings. The van der Waals surface area contributed by atoms with Gasteiger partial charge in [-0.2, -0.15) is 4.98 Å². The van der Waals surface area contributed by atoms with E-state index in [0.29, 0.717) is 12.5 Å². The summed E-state index contributed by atoms with van der Waals surface area (Å²) in [5, 5.41) is 7.01. The summed E-state index contributed by atoms with van der Waals surface area (Å²) < 4.78 is 0. The zero-order chi connectivity index (χ0) is 14.8. The fraction of sp³-hybridized carbons (Fsp3) is 0.400. The molecule has 6 heteroatoms. The van der Waals surface area contributed by atoms with Crippen molar-refractivity contribution >= 4 is 28.6 Å². The molecule has 1 aromatic heterocycles. The molecule has 2 heterocycles. The van der Waals surface area contributed by atoms with E-state index < -0.39 is 0 Å². The van der Waals surface area contributed by atoms with Crippen molar-refractivity contribution in [2.24, 2.45) is 0 Å². The summed E-state index contributed by atoms with van der Waals surface area (Å²) in [5.41, 5.74) is 0.886. The Hall–Kier alpha value is -2.37. The number of hydrogen-bond donors (Lipinski definition) is 2. The van der Waals surface area contributed by atoms with Gasteiger partial charge in [0.25, 0.3) is 0 Å². The first-order valence-electron chi connectivity index (χ1n) is 7.25. The number of nitrogens with zero attached hydrogens (tertiary/aromatic N) is 3. The van der Waals surface area contributed by atoms with Crippen molar-refractivity contribution in [2.45, 2.75) is 19.9 Å². The second-order valence-corrected chi connectivity index (χ2v) is 5.08. The third-order valence-corrected chi connectivity index (χ3v) is 3.69. The van der Waals surface area contributed by atoms with Gasteiger partial charge in [0.15, 0.2) is 0 Å². The van der Waals surface area contributed by atoms with E-state index in [9.17, 15) is 4.79 Å². The summed E-state index contributed by atoms with van der Waals surface area (Å²) in [6.45, 7) is 6.05. The lowest BCUT2D eigenvalue weighted by Crippen LogP contribution is -2.54. The maximum absolute atomic E-state index is 11.9. The van der Waals surface area contributed by atoms with E-state index in [0.717, 1.165) is 29.8 Å². The monoisotopic (exact) mass is 285 g/mol. The average Bonchev–Trinajstić information content (AvgIpc) is 2.50. The molecule has 0 bridgehead atoms. The van der Waals surface area contributed by atoms with E-state index in [-0.39, 0.29) is 11.9 Å².